The fraction of sp³-hybridized carbons (Fsp3) is 0.417. The number of hydrogen-bond acceptors (Lipinski definition) is 7. The van der Waals surface area contributed by atoms with Gasteiger partial charge in [0.05, 0.1) is 10.5 Å². The van der Waals surface area contributed by atoms with Crippen LogP contribution in [0.15, 0.2) is 41.3 Å². The van der Waals surface area contributed by atoms with Gasteiger partial charge in [-0.2, -0.15) is 4.31 Å². The Kier molecular flexibility index (Phi) is 7.08. The monoisotopic (exact) mass is 488 g/mol. The molecule has 0 spiro atoms. The molecular weight excluding hydrogens is 460 g/mol. The zero-order valence-electron chi connectivity index (χ0n) is 19.2. The van der Waals surface area contributed by atoms with E-state index in [1.807, 2.05) is 0 Å². The largest absolute Gasteiger partial charge is 0.454 e. The SMILES string of the molecule is Cc1ccc(C(=O)O[C@@H](C)C(=O)NCc2ccc3c(c2)OCO3)cc1S(=O)(=O)N1CCCCC1. The van der Waals surface area contributed by atoms with Gasteiger partial charge < -0.3 is 19.5 Å². The lowest BCUT2D eigenvalue weighted by Gasteiger charge is -2.26. The molecule has 1 fully saturated rings. The Hall–Kier alpha value is -3.11. The summed E-state index contributed by atoms with van der Waals surface area (Å²) in [5, 5.41) is 2.72. The third-order valence-electron chi connectivity index (χ3n) is 5.91. The van der Waals surface area contributed by atoms with Crippen molar-refractivity contribution in [1.29, 1.82) is 0 Å². The lowest BCUT2D eigenvalue weighted by molar-refractivity contribution is -0.129. The number of carbonyl (C=O) groups is 2. The van der Waals surface area contributed by atoms with Crippen molar-refractivity contribution in [2.45, 2.75) is 50.7 Å². The Morgan fingerprint density at radius 3 is 2.56 bits per heavy atom. The van der Waals surface area contributed by atoms with Crippen molar-refractivity contribution in [2.24, 2.45) is 0 Å². The molecule has 0 aromatic heterocycles. The van der Waals surface area contributed by atoms with Crippen LogP contribution in [0, 0.1) is 6.92 Å². The van der Waals surface area contributed by atoms with E-state index >= 15 is 0 Å². The van der Waals surface area contributed by atoms with Gasteiger partial charge in [-0.05, 0) is 62.1 Å². The predicted molar refractivity (Wildman–Crippen MR) is 123 cm³/mol. The summed E-state index contributed by atoms with van der Waals surface area (Å²) in [7, 11) is -3.71. The summed E-state index contributed by atoms with van der Waals surface area (Å²) in [4.78, 5) is 25.2. The Morgan fingerprint density at radius 2 is 1.79 bits per heavy atom. The number of hydrogen-bond donors (Lipinski definition) is 1. The van der Waals surface area contributed by atoms with Crippen molar-refractivity contribution >= 4 is 21.9 Å². The minimum atomic E-state index is -3.71. The summed E-state index contributed by atoms with van der Waals surface area (Å²) in [6.45, 7) is 4.48. The predicted octanol–water partition coefficient (Wildman–Crippen LogP) is 2.76. The minimum absolute atomic E-state index is 0.0802. The number of carbonyl (C=O) groups excluding carboxylic acids is 2. The van der Waals surface area contributed by atoms with Gasteiger partial charge in [0.2, 0.25) is 16.8 Å². The van der Waals surface area contributed by atoms with Crippen LogP contribution < -0.4 is 14.8 Å². The molecular formula is C24H28N2O7S. The van der Waals surface area contributed by atoms with Crippen molar-refractivity contribution < 1.29 is 32.2 Å². The van der Waals surface area contributed by atoms with Crippen molar-refractivity contribution in [3.8, 4) is 11.5 Å². The van der Waals surface area contributed by atoms with E-state index in [1.165, 1.54) is 23.4 Å². The normalized spacial score (nSPS) is 16.6. The Bertz CT molecular complexity index is 1190. The highest BCUT2D eigenvalue weighted by molar-refractivity contribution is 7.89. The number of benzene rings is 2. The maximum Gasteiger partial charge on any atom is 0.338 e. The van der Waals surface area contributed by atoms with Crippen molar-refractivity contribution in [3.05, 3.63) is 53.1 Å². The molecule has 1 atom stereocenters. The second-order valence-electron chi connectivity index (χ2n) is 8.40. The second kappa shape index (κ2) is 10.0. The summed E-state index contributed by atoms with van der Waals surface area (Å²) in [6.07, 6.45) is 1.58. The quantitative estimate of drug-likeness (QED) is 0.597. The number of amides is 1. The van der Waals surface area contributed by atoms with Gasteiger partial charge in [-0.15, -0.1) is 0 Å². The number of rotatable bonds is 7. The molecule has 1 saturated heterocycles. The maximum atomic E-state index is 13.1. The van der Waals surface area contributed by atoms with E-state index in [0.717, 1.165) is 24.8 Å². The lowest BCUT2D eigenvalue weighted by Crippen LogP contribution is -2.36. The van der Waals surface area contributed by atoms with Crippen molar-refractivity contribution in [1.82, 2.24) is 9.62 Å². The first-order valence-electron chi connectivity index (χ1n) is 11.2. The van der Waals surface area contributed by atoms with Gasteiger partial charge in [0.15, 0.2) is 17.6 Å². The average molecular weight is 489 g/mol. The zero-order chi connectivity index (χ0) is 24.3. The highest BCUT2D eigenvalue weighted by Crippen LogP contribution is 2.32. The smallest absolute Gasteiger partial charge is 0.338 e. The summed E-state index contributed by atoms with van der Waals surface area (Å²) in [5.74, 6) is 0.0261. The van der Waals surface area contributed by atoms with Crippen LogP contribution in [0.3, 0.4) is 0 Å². The third kappa shape index (κ3) is 5.18. The Balaban J connectivity index is 1.38. The molecule has 182 valence electrons. The number of aryl methyl sites for hydroxylation is 1. The van der Waals surface area contributed by atoms with E-state index in [1.54, 1.807) is 31.2 Å². The van der Waals surface area contributed by atoms with Gasteiger partial charge in [-0.25, -0.2) is 13.2 Å². The first-order valence-corrected chi connectivity index (χ1v) is 12.7. The second-order valence-corrected chi connectivity index (χ2v) is 10.3. The van der Waals surface area contributed by atoms with Crippen LogP contribution in [0.25, 0.3) is 0 Å². The van der Waals surface area contributed by atoms with E-state index in [0.29, 0.717) is 30.2 Å². The van der Waals surface area contributed by atoms with Gasteiger partial charge in [-0.3, -0.25) is 4.79 Å². The van der Waals surface area contributed by atoms with Crippen molar-refractivity contribution in [2.75, 3.05) is 19.9 Å². The van der Waals surface area contributed by atoms with Gasteiger partial charge in [0.25, 0.3) is 5.91 Å². The van der Waals surface area contributed by atoms with Crippen LogP contribution in [-0.4, -0.2) is 50.6 Å². The molecule has 2 aliphatic heterocycles. The van der Waals surface area contributed by atoms with Crippen LogP contribution in [0.2, 0.25) is 0 Å². The molecule has 0 saturated carbocycles. The molecule has 2 aliphatic rings. The summed E-state index contributed by atoms with van der Waals surface area (Å²) >= 11 is 0. The van der Waals surface area contributed by atoms with E-state index in [2.05, 4.69) is 5.32 Å². The Morgan fingerprint density at radius 1 is 1.06 bits per heavy atom. The molecule has 1 N–H and O–H groups in total. The van der Waals surface area contributed by atoms with E-state index in [4.69, 9.17) is 14.2 Å². The van der Waals surface area contributed by atoms with Gasteiger partial charge in [0.1, 0.15) is 0 Å². The fourth-order valence-electron chi connectivity index (χ4n) is 3.92. The summed E-state index contributed by atoms with van der Waals surface area (Å²) in [5.41, 5.74) is 1.44. The first-order chi connectivity index (χ1) is 16.3. The van der Waals surface area contributed by atoms with Crippen molar-refractivity contribution in [3.63, 3.8) is 0 Å². The molecule has 34 heavy (non-hydrogen) atoms. The van der Waals surface area contributed by atoms with Crippen LogP contribution in [-0.2, 0) is 26.1 Å². The maximum absolute atomic E-state index is 13.1. The van der Waals surface area contributed by atoms with Crippen LogP contribution in [0.4, 0.5) is 0 Å². The Labute approximate surface area is 199 Å². The molecule has 1 amide bonds. The van der Waals surface area contributed by atoms with Gasteiger partial charge in [0, 0.05) is 19.6 Å². The van der Waals surface area contributed by atoms with Crippen LogP contribution >= 0.6 is 0 Å². The molecule has 2 aromatic carbocycles. The molecule has 0 aliphatic carbocycles. The highest BCUT2D eigenvalue weighted by atomic mass is 32.2. The molecule has 9 nitrogen and oxygen atoms in total. The molecule has 0 radical (unpaired) electrons. The number of esters is 1. The average Bonchev–Trinajstić information content (AvgIpc) is 3.31. The molecule has 0 unspecified atom stereocenters. The molecule has 0 bridgehead atoms. The third-order valence-corrected chi connectivity index (χ3v) is 7.95. The fourth-order valence-corrected chi connectivity index (χ4v) is 5.68. The molecule has 4 rings (SSSR count). The molecule has 10 heteroatoms. The van der Waals surface area contributed by atoms with Crippen LogP contribution in [0.1, 0.15) is 47.7 Å². The summed E-state index contributed by atoms with van der Waals surface area (Å²) in [6, 6.07) is 9.76. The number of nitrogens with zero attached hydrogens (tertiary/aromatic N) is 1. The summed E-state index contributed by atoms with van der Waals surface area (Å²) < 4.78 is 43.6. The zero-order valence-corrected chi connectivity index (χ0v) is 20.0. The lowest BCUT2D eigenvalue weighted by atomic mass is 10.1. The molecule has 2 heterocycles. The number of fused-ring (bicyclic) bond motifs is 1. The standard InChI is InChI=1S/C24H28N2O7S/c1-16-6-8-19(13-22(16)34(29,30)26-10-4-3-5-11-26)24(28)33-17(2)23(27)25-14-18-7-9-20-21(12-18)32-15-31-20/h6-9,12-13,17H,3-5,10-11,14-15H2,1-2H3,(H,25,27)/t17-/m0/s1. The van der Waals surface area contributed by atoms with Gasteiger partial charge >= 0.3 is 5.97 Å². The minimum Gasteiger partial charge on any atom is -0.454 e. The number of sulfonamides is 1. The van der Waals surface area contributed by atoms with E-state index < -0.39 is 28.0 Å². The first kappa shape index (κ1) is 24.0. The number of nitrogens with one attached hydrogen (secondary N) is 1. The number of ether oxygens (including phenoxy) is 3. The van der Waals surface area contributed by atoms with E-state index in [9.17, 15) is 18.0 Å². The van der Waals surface area contributed by atoms with Crippen LogP contribution in [0.5, 0.6) is 11.5 Å². The van der Waals surface area contributed by atoms with E-state index in [-0.39, 0.29) is 23.8 Å². The number of piperidine rings is 1. The molecule has 2 aromatic rings. The van der Waals surface area contributed by atoms with Gasteiger partial charge in [-0.1, -0.05) is 18.6 Å². The topological polar surface area (TPSA) is 111 Å². The highest BCUT2D eigenvalue weighted by Gasteiger charge is 2.29.